The molecule has 0 unspecified atom stereocenters. The predicted octanol–water partition coefficient (Wildman–Crippen LogP) is 2.78. The number of hydrogen-bond donors (Lipinski definition) is 0. The zero-order valence-corrected chi connectivity index (χ0v) is 9.75. The Morgan fingerprint density at radius 2 is 1.87 bits per heavy atom. The van der Waals surface area contributed by atoms with Gasteiger partial charge >= 0.3 is 0 Å². The molecule has 1 aromatic carbocycles. The quantitative estimate of drug-likeness (QED) is 0.574. The van der Waals surface area contributed by atoms with E-state index in [-0.39, 0.29) is 0 Å². The molecule has 0 saturated heterocycles. The van der Waals surface area contributed by atoms with E-state index in [2.05, 4.69) is 10.1 Å². The van der Waals surface area contributed by atoms with Crippen molar-refractivity contribution in [2.75, 3.05) is 14.2 Å². The Hall–Kier alpha value is -1.35. The molecule has 0 aliphatic heterocycles. The van der Waals surface area contributed by atoms with Crippen molar-refractivity contribution in [1.82, 2.24) is 0 Å². The average Bonchev–Trinajstić information content (AvgIpc) is 2.26. The van der Waals surface area contributed by atoms with Gasteiger partial charge in [-0.1, -0.05) is 28.9 Å². The molecule has 0 aliphatic rings. The van der Waals surface area contributed by atoms with Crippen LogP contribution in [0.2, 0.25) is 5.02 Å². The molecule has 0 N–H and O–H groups in total. The second kappa shape index (κ2) is 5.51. The second-order valence-electron chi connectivity index (χ2n) is 2.94. The summed E-state index contributed by atoms with van der Waals surface area (Å²) in [5.41, 5.74) is 2.47. The number of benzene rings is 1. The van der Waals surface area contributed by atoms with Crippen LogP contribution in [-0.4, -0.2) is 25.6 Å². The summed E-state index contributed by atoms with van der Waals surface area (Å²) in [5.74, 6) is 0. The molecule has 4 heteroatoms. The number of nitrogens with zero attached hydrogens (tertiary/aromatic N) is 2. The van der Waals surface area contributed by atoms with Gasteiger partial charge in [-0.2, -0.15) is 0 Å². The van der Waals surface area contributed by atoms with E-state index >= 15 is 0 Å². The zero-order valence-electron chi connectivity index (χ0n) is 8.99. The van der Waals surface area contributed by atoms with Crippen LogP contribution in [0.3, 0.4) is 0 Å². The molecule has 0 amide bonds. The smallest absolute Gasteiger partial charge is 0.130 e. The Morgan fingerprint density at radius 1 is 1.27 bits per heavy atom. The first-order chi connectivity index (χ1) is 7.19. The summed E-state index contributed by atoms with van der Waals surface area (Å²) >= 11 is 5.81. The number of oxime groups is 1. The summed E-state index contributed by atoms with van der Waals surface area (Å²) in [5, 5.41) is 4.63. The van der Waals surface area contributed by atoms with E-state index in [9.17, 15) is 0 Å². The van der Waals surface area contributed by atoms with Gasteiger partial charge in [0.2, 0.25) is 0 Å². The molecule has 0 heterocycles. The maximum atomic E-state index is 5.81. The summed E-state index contributed by atoms with van der Waals surface area (Å²) in [4.78, 5) is 8.86. The Bertz CT molecular complexity index is 382. The van der Waals surface area contributed by atoms with Gasteiger partial charge in [0.15, 0.2) is 0 Å². The number of hydrogen-bond acceptors (Lipinski definition) is 3. The van der Waals surface area contributed by atoms with Crippen LogP contribution in [-0.2, 0) is 4.84 Å². The number of aliphatic imine (C=N–C) groups is 1. The predicted molar refractivity (Wildman–Crippen MR) is 64.0 cm³/mol. The van der Waals surface area contributed by atoms with Gasteiger partial charge in [-0.15, -0.1) is 0 Å². The van der Waals surface area contributed by atoms with Crippen molar-refractivity contribution < 1.29 is 4.84 Å². The molecule has 0 radical (unpaired) electrons. The molecule has 0 saturated carbocycles. The van der Waals surface area contributed by atoms with Gasteiger partial charge in [0.05, 0.1) is 5.71 Å². The van der Waals surface area contributed by atoms with Crippen molar-refractivity contribution in [3.8, 4) is 0 Å². The summed E-state index contributed by atoms with van der Waals surface area (Å²) in [6.45, 7) is 1.88. The van der Waals surface area contributed by atoms with Crippen molar-refractivity contribution >= 4 is 23.0 Å². The lowest BCUT2D eigenvalue weighted by Gasteiger charge is -2.04. The fraction of sp³-hybridized carbons (Fsp3) is 0.273. The van der Waals surface area contributed by atoms with Crippen LogP contribution in [0.15, 0.2) is 34.4 Å². The van der Waals surface area contributed by atoms with Gasteiger partial charge in [0, 0.05) is 17.6 Å². The molecular weight excluding hydrogens is 212 g/mol. The van der Waals surface area contributed by atoms with Crippen molar-refractivity contribution in [3.05, 3.63) is 34.9 Å². The van der Waals surface area contributed by atoms with Gasteiger partial charge in [-0.25, -0.2) is 0 Å². The molecule has 0 fully saturated rings. The summed E-state index contributed by atoms with van der Waals surface area (Å²) < 4.78 is 0. The lowest BCUT2D eigenvalue weighted by Crippen LogP contribution is -2.12. The van der Waals surface area contributed by atoms with Crippen LogP contribution in [0.1, 0.15) is 12.5 Å². The highest BCUT2D eigenvalue weighted by Gasteiger charge is 2.07. The largest absolute Gasteiger partial charge is 0.399 e. The Balaban J connectivity index is 3.11. The maximum Gasteiger partial charge on any atom is 0.130 e. The van der Waals surface area contributed by atoms with E-state index in [4.69, 9.17) is 16.4 Å². The Kier molecular flexibility index (Phi) is 4.31. The van der Waals surface area contributed by atoms with E-state index < -0.39 is 0 Å². The molecule has 0 bridgehead atoms. The first-order valence-electron chi connectivity index (χ1n) is 4.50. The number of halogens is 1. The topological polar surface area (TPSA) is 34.0 Å². The van der Waals surface area contributed by atoms with Crippen LogP contribution in [0.4, 0.5) is 0 Å². The van der Waals surface area contributed by atoms with Crippen molar-refractivity contribution in [1.29, 1.82) is 0 Å². The molecule has 15 heavy (non-hydrogen) atoms. The van der Waals surface area contributed by atoms with E-state index in [0.717, 1.165) is 17.0 Å². The van der Waals surface area contributed by atoms with Gasteiger partial charge < -0.3 is 4.84 Å². The van der Waals surface area contributed by atoms with Crippen LogP contribution in [0, 0.1) is 0 Å². The third-order valence-electron chi connectivity index (χ3n) is 1.98. The highest BCUT2D eigenvalue weighted by atomic mass is 35.5. The lowest BCUT2D eigenvalue weighted by atomic mass is 10.1. The van der Waals surface area contributed by atoms with E-state index in [1.807, 2.05) is 31.2 Å². The monoisotopic (exact) mass is 224 g/mol. The van der Waals surface area contributed by atoms with Crippen LogP contribution < -0.4 is 0 Å². The minimum absolute atomic E-state index is 0.696. The Labute approximate surface area is 94.4 Å². The van der Waals surface area contributed by atoms with Gasteiger partial charge in [0.1, 0.15) is 12.8 Å². The molecule has 0 atom stereocenters. The highest BCUT2D eigenvalue weighted by molar-refractivity contribution is 6.47. The minimum Gasteiger partial charge on any atom is -0.399 e. The van der Waals surface area contributed by atoms with E-state index in [1.165, 1.54) is 7.11 Å². The summed E-state index contributed by atoms with van der Waals surface area (Å²) in [7, 11) is 3.23. The van der Waals surface area contributed by atoms with Crippen molar-refractivity contribution in [2.24, 2.45) is 10.1 Å². The van der Waals surface area contributed by atoms with E-state index in [1.54, 1.807) is 7.05 Å². The molecule has 1 aromatic rings. The molecule has 0 aliphatic carbocycles. The fourth-order valence-corrected chi connectivity index (χ4v) is 1.26. The summed E-state index contributed by atoms with van der Waals surface area (Å²) in [6.07, 6.45) is 0. The molecule has 3 nitrogen and oxygen atoms in total. The first-order valence-corrected chi connectivity index (χ1v) is 4.87. The van der Waals surface area contributed by atoms with Gasteiger partial charge in [0.25, 0.3) is 0 Å². The van der Waals surface area contributed by atoms with Crippen molar-refractivity contribution in [3.63, 3.8) is 0 Å². The molecule has 0 aromatic heterocycles. The molecule has 0 spiro atoms. The van der Waals surface area contributed by atoms with Crippen molar-refractivity contribution in [2.45, 2.75) is 6.92 Å². The third-order valence-corrected chi connectivity index (χ3v) is 2.23. The molecule has 80 valence electrons. The highest BCUT2D eigenvalue weighted by Crippen LogP contribution is 2.11. The van der Waals surface area contributed by atoms with Crippen LogP contribution >= 0.6 is 11.6 Å². The molecule has 1 rings (SSSR count). The van der Waals surface area contributed by atoms with Gasteiger partial charge in [-0.3, -0.25) is 4.99 Å². The maximum absolute atomic E-state index is 5.81. The van der Waals surface area contributed by atoms with Crippen LogP contribution in [0.5, 0.6) is 0 Å². The zero-order chi connectivity index (χ0) is 11.3. The standard InChI is InChI=1S/C11H13ClN2O/c1-8(13-2)11(14-15-3)9-4-6-10(12)7-5-9/h4-7H,1-3H3/b13-8?,14-11+. The van der Waals surface area contributed by atoms with Crippen LogP contribution in [0.25, 0.3) is 0 Å². The minimum atomic E-state index is 0.696. The third kappa shape index (κ3) is 3.06. The summed E-state index contributed by atoms with van der Waals surface area (Å²) in [6, 6.07) is 7.39. The Morgan fingerprint density at radius 3 is 2.33 bits per heavy atom. The van der Waals surface area contributed by atoms with Gasteiger partial charge in [-0.05, 0) is 19.1 Å². The lowest BCUT2D eigenvalue weighted by molar-refractivity contribution is 0.214. The first kappa shape index (κ1) is 11.7. The fourth-order valence-electron chi connectivity index (χ4n) is 1.13. The number of rotatable bonds is 3. The van der Waals surface area contributed by atoms with E-state index in [0.29, 0.717) is 5.02 Å². The molecular formula is C11H13ClN2O. The SMILES string of the molecule is CN=C(C)/C(=N\OC)c1ccc(Cl)cc1. The second-order valence-corrected chi connectivity index (χ2v) is 3.37. The average molecular weight is 225 g/mol. The normalized spacial score (nSPS) is 12.8.